The van der Waals surface area contributed by atoms with Crippen LogP contribution in [0.1, 0.15) is 22.3 Å². The van der Waals surface area contributed by atoms with Gasteiger partial charge in [0.2, 0.25) is 5.91 Å². The molecule has 0 aromatic heterocycles. The number of likely N-dealkylation sites (N-methyl/N-ethyl adjacent to an activating group) is 1. The van der Waals surface area contributed by atoms with Gasteiger partial charge >= 0.3 is 5.97 Å². The molecule has 1 heterocycles. The molecule has 1 aromatic rings. The SMILES string of the molecule is COC(=O)c1ccc(CN=C(NCCCN2CCOCC2)NCC(=O)N(C)C)cc1.I. The van der Waals surface area contributed by atoms with Gasteiger partial charge in [0, 0.05) is 33.7 Å². The molecule has 2 rings (SSSR count). The van der Waals surface area contributed by atoms with E-state index in [4.69, 9.17) is 9.47 Å². The molecule has 0 spiro atoms. The van der Waals surface area contributed by atoms with E-state index in [9.17, 15) is 9.59 Å². The molecule has 0 radical (unpaired) electrons. The molecule has 1 aromatic carbocycles. The van der Waals surface area contributed by atoms with Crippen LogP contribution in [0.15, 0.2) is 29.3 Å². The number of benzene rings is 1. The van der Waals surface area contributed by atoms with Crippen molar-refractivity contribution in [1.82, 2.24) is 20.4 Å². The first-order chi connectivity index (χ1) is 14.5. The summed E-state index contributed by atoms with van der Waals surface area (Å²) < 4.78 is 10.1. The number of guanidine groups is 1. The van der Waals surface area contributed by atoms with Crippen molar-refractivity contribution in [3.05, 3.63) is 35.4 Å². The van der Waals surface area contributed by atoms with Crippen LogP contribution in [-0.4, -0.2) is 94.8 Å². The number of nitrogens with zero attached hydrogens (tertiary/aromatic N) is 3. The Hall–Kier alpha value is -1.92. The number of carbonyl (C=O) groups is 2. The zero-order valence-corrected chi connectivity index (χ0v) is 20.9. The van der Waals surface area contributed by atoms with Crippen molar-refractivity contribution < 1.29 is 19.1 Å². The molecule has 0 saturated carbocycles. The van der Waals surface area contributed by atoms with Crippen LogP contribution >= 0.6 is 24.0 Å². The van der Waals surface area contributed by atoms with E-state index in [1.807, 2.05) is 12.1 Å². The number of methoxy groups -OCH3 is 1. The molecule has 2 N–H and O–H groups in total. The Morgan fingerprint density at radius 3 is 2.45 bits per heavy atom. The second-order valence-electron chi connectivity index (χ2n) is 7.23. The monoisotopic (exact) mass is 547 g/mol. The predicted molar refractivity (Wildman–Crippen MR) is 131 cm³/mol. The number of hydrogen-bond acceptors (Lipinski definition) is 6. The summed E-state index contributed by atoms with van der Waals surface area (Å²) in [6.07, 6.45) is 0.968. The molecule has 1 aliphatic heterocycles. The lowest BCUT2D eigenvalue weighted by Gasteiger charge is -2.26. The molecule has 1 saturated heterocycles. The lowest BCUT2D eigenvalue weighted by molar-refractivity contribution is -0.127. The van der Waals surface area contributed by atoms with E-state index >= 15 is 0 Å². The maximum Gasteiger partial charge on any atom is 0.337 e. The van der Waals surface area contributed by atoms with E-state index < -0.39 is 0 Å². The lowest BCUT2D eigenvalue weighted by Crippen LogP contribution is -2.44. The Kier molecular flexibility index (Phi) is 13.1. The van der Waals surface area contributed by atoms with Gasteiger partial charge in [-0.15, -0.1) is 24.0 Å². The van der Waals surface area contributed by atoms with Crippen LogP contribution in [0, 0.1) is 0 Å². The van der Waals surface area contributed by atoms with Crippen LogP contribution in [0.2, 0.25) is 0 Å². The Labute approximate surface area is 201 Å². The molecule has 1 amide bonds. The van der Waals surface area contributed by atoms with E-state index in [-0.39, 0.29) is 42.4 Å². The Morgan fingerprint density at radius 2 is 1.84 bits per heavy atom. The summed E-state index contributed by atoms with van der Waals surface area (Å²) in [5.74, 6) is 0.195. The van der Waals surface area contributed by atoms with E-state index in [0.29, 0.717) is 18.1 Å². The number of halogens is 1. The highest BCUT2D eigenvalue weighted by Crippen LogP contribution is 2.07. The quantitative estimate of drug-likeness (QED) is 0.156. The minimum atomic E-state index is -0.364. The standard InChI is InChI=1S/C21H33N5O4.HI/c1-25(2)19(27)16-24-21(22-9-4-10-26-11-13-30-14-12-26)23-15-17-5-7-18(8-6-17)20(28)29-3;/h5-8H,4,9-16H2,1-3H3,(H2,22,23,24);1H. The van der Waals surface area contributed by atoms with Gasteiger partial charge < -0.3 is 25.0 Å². The number of amides is 1. The van der Waals surface area contributed by atoms with E-state index in [1.54, 1.807) is 26.2 Å². The van der Waals surface area contributed by atoms with Crippen molar-refractivity contribution in [2.75, 3.05) is 67.1 Å². The summed E-state index contributed by atoms with van der Waals surface area (Å²) in [7, 11) is 4.80. The van der Waals surface area contributed by atoms with Crippen LogP contribution in [-0.2, 0) is 20.8 Å². The molecule has 0 atom stereocenters. The highest BCUT2D eigenvalue weighted by molar-refractivity contribution is 14.0. The van der Waals surface area contributed by atoms with Gasteiger partial charge in [0.25, 0.3) is 0 Å². The molecule has 0 bridgehead atoms. The van der Waals surface area contributed by atoms with Crippen LogP contribution in [0.25, 0.3) is 0 Å². The van der Waals surface area contributed by atoms with Crippen LogP contribution in [0.4, 0.5) is 0 Å². The fourth-order valence-electron chi connectivity index (χ4n) is 2.86. The smallest absolute Gasteiger partial charge is 0.337 e. The summed E-state index contributed by atoms with van der Waals surface area (Å²) in [6, 6.07) is 7.12. The molecule has 31 heavy (non-hydrogen) atoms. The average molecular weight is 547 g/mol. The zero-order chi connectivity index (χ0) is 21.8. The topological polar surface area (TPSA) is 95.5 Å². The summed E-state index contributed by atoms with van der Waals surface area (Å²) in [5, 5.41) is 6.39. The molecule has 10 heteroatoms. The molecular weight excluding hydrogens is 513 g/mol. The number of carbonyl (C=O) groups excluding carboxylic acids is 2. The number of rotatable bonds is 9. The first-order valence-corrected chi connectivity index (χ1v) is 10.2. The van der Waals surface area contributed by atoms with E-state index in [2.05, 4.69) is 20.5 Å². The first kappa shape index (κ1) is 27.1. The maximum atomic E-state index is 11.9. The molecule has 9 nitrogen and oxygen atoms in total. The van der Waals surface area contributed by atoms with E-state index in [1.165, 1.54) is 12.0 Å². The van der Waals surface area contributed by atoms with Crippen molar-refractivity contribution in [2.45, 2.75) is 13.0 Å². The third-order valence-corrected chi connectivity index (χ3v) is 4.75. The number of nitrogens with one attached hydrogen (secondary N) is 2. The third-order valence-electron chi connectivity index (χ3n) is 4.75. The van der Waals surface area contributed by atoms with Gasteiger partial charge in [-0.25, -0.2) is 9.79 Å². The van der Waals surface area contributed by atoms with Gasteiger partial charge in [-0.1, -0.05) is 12.1 Å². The second-order valence-corrected chi connectivity index (χ2v) is 7.23. The number of hydrogen-bond donors (Lipinski definition) is 2. The number of morpholine rings is 1. The highest BCUT2D eigenvalue weighted by atomic mass is 127. The maximum absolute atomic E-state index is 11.9. The van der Waals surface area contributed by atoms with Gasteiger partial charge in [-0.2, -0.15) is 0 Å². The second kappa shape index (κ2) is 15.0. The first-order valence-electron chi connectivity index (χ1n) is 10.2. The number of esters is 1. The molecule has 174 valence electrons. The molecule has 0 unspecified atom stereocenters. The van der Waals surface area contributed by atoms with Gasteiger partial charge in [-0.05, 0) is 30.7 Å². The lowest BCUT2D eigenvalue weighted by atomic mass is 10.1. The highest BCUT2D eigenvalue weighted by Gasteiger charge is 2.10. The summed E-state index contributed by atoms with van der Waals surface area (Å²) in [5.41, 5.74) is 1.46. The van der Waals surface area contributed by atoms with Gasteiger partial charge in [0.15, 0.2) is 5.96 Å². The minimum Gasteiger partial charge on any atom is -0.465 e. The molecule has 0 aliphatic carbocycles. The molecular formula is C21H34IN5O4. The summed E-state index contributed by atoms with van der Waals surface area (Å²) >= 11 is 0. The predicted octanol–water partition coefficient (Wildman–Crippen LogP) is 0.937. The van der Waals surface area contributed by atoms with Crippen molar-refractivity contribution in [2.24, 2.45) is 4.99 Å². The van der Waals surface area contributed by atoms with Gasteiger partial charge in [0.1, 0.15) is 0 Å². The zero-order valence-electron chi connectivity index (χ0n) is 18.6. The van der Waals surface area contributed by atoms with Crippen molar-refractivity contribution in [3.63, 3.8) is 0 Å². The van der Waals surface area contributed by atoms with Gasteiger partial charge in [0.05, 0.1) is 39.0 Å². The Morgan fingerprint density at radius 1 is 1.16 bits per heavy atom. The fraction of sp³-hybridized carbons (Fsp3) is 0.571. The number of aliphatic imine (C=N–C) groups is 1. The van der Waals surface area contributed by atoms with Crippen molar-refractivity contribution in [3.8, 4) is 0 Å². The summed E-state index contributed by atoms with van der Waals surface area (Å²) in [4.78, 5) is 31.9. The van der Waals surface area contributed by atoms with Crippen LogP contribution in [0.5, 0.6) is 0 Å². The Bertz CT molecular complexity index is 706. The van der Waals surface area contributed by atoms with E-state index in [0.717, 1.165) is 51.4 Å². The fourth-order valence-corrected chi connectivity index (χ4v) is 2.86. The minimum absolute atomic E-state index is 0. The molecule has 1 aliphatic rings. The largest absolute Gasteiger partial charge is 0.465 e. The normalized spacial score (nSPS) is 14.4. The van der Waals surface area contributed by atoms with Crippen LogP contribution in [0.3, 0.4) is 0 Å². The van der Waals surface area contributed by atoms with Crippen molar-refractivity contribution in [1.29, 1.82) is 0 Å². The van der Waals surface area contributed by atoms with Crippen molar-refractivity contribution >= 4 is 41.8 Å². The Balaban J connectivity index is 0.00000480. The average Bonchev–Trinajstić information content (AvgIpc) is 2.78. The number of ether oxygens (including phenoxy) is 2. The third kappa shape index (κ3) is 10.3. The molecule has 1 fully saturated rings. The van der Waals surface area contributed by atoms with Gasteiger partial charge in [-0.3, -0.25) is 9.69 Å². The summed E-state index contributed by atoms with van der Waals surface area (Å²) in [6.45, 7) is 5.87. The van der Waals surface area contributed by atoms with Crippen LogP contribution < -0.4 is 10.6 Å².